The number of aliphatic hydroxyl groups is 1. The van der Waals surface area contributed by atoms with Crippen LogP contribution in [0, 0.1) is 5.82 Å². The third-order valence-electron chi connectivity index (χ3n) is 6.87. The molecule has 42 heavy (non-hydrogen) atoms. The Balaban J connectivity index is 1.38. The maximum absolute atomic E-state index is 14.5. The molecule has 11 heteroatoms. The summed E-state index contributed by atoms with van der Waals surface area (Å²) in [7, 11) is 1.33. The maximum Gasteiger partial charge on any atom is 0.301 e. The molecular weight excluding hydrogens is 641 g/mol. The van der Waals surface area contributed by atoms with E-state index in [1.165, 1.54) is 47.2 Å². The van der Waals surface area contributed by atoms with Crippen LogP contribution in [0.1, 0.15) is 22.7 Å². The topological polar surface area (TPSA) is 92.6 Å². The van der Waals surface area contributed by atoms with Crippen molar-refractivity contribution in [2.75, 3.05) is 12.0 Å². The fourth-order valence-corrected chi connectivity index (χ4v) is 7.20. The normalized spacial score (nSPS) is 16.4. The number of ketones is 1. The first kappa shape index (κ1) is 28.1. The molecule has 1 atom stereocenters. The van der Waals surface area contributed by atoms with Crippen molar-refractivity contribution in [2.24, 2.45) is 0 Å². The third-order valence-corrected chi connectivity index (χ3v) is 9.46. The number of Topliss-reactive ketones (excluding diaryl/α,β-unsaturated/α-hetero) is 1. The lowest BCUT2D eigenvalue weighted by molar-refractivity contribution is -0.132. The Hall–Kier alpha value is -4.06. The van der Waals surface area contributed by atoms with Crippen LogP contribution in [-0.4, -0.2) is 34.1 Å². The van der Waals surface area contributed by atoms with Crippen molar-refractivity contribution in [3.8, 4) is 5.75 Å². The van der Waals surface area contributed by atoms with Gasteiger partial charge in [-0.25, -0.2) is 4.39 Å². The first-order chi connectivity index (χ1) is 20.4. The number of benzene rings is 4. The molecule has 1 unspecified atom stereocenters. The van der Waals surface area contributed by atoms with Gasteiger partial charge < -0.3 is 9.84 Å². The summed E-state index contributed by atoms with van der Waals surface area (Å²) in [4.78, 5) is 28.2. The van der Waals surface area contributed by atoms with E-state index >= 15 is 0 Å². The molecule has 6 rings (SSSR count). The zero-order chi connectivity index (χ0) is 29.4. The van der Waals surface area contributed by atoms with E-state index < -0.39 is 29.3 Å². The molecule has 1 aliphatic rings. The van der Waals surface area contributed by atoms with Gasteiger partial charge in [0, 0.05) is 15.8 Å². The van der Waals surface area contributed by atoms with Crippen molar-refractivity contribution in [3.63, 3.8) is 0 Å². The Morgan fingerprint density at radius 1 is 1.05 bits per heavy atom. The number of hydrogen-bond acceptors (Lipinski definition) is 8. The quantitative estimate of drug-likeness (QED) is 0.0634. The van der Waals surface area contributed by atoms with Gasteiger partial charge in [0.1, 0.15) is 5.76 Å². The molecule has 4 aromatic carbocycles. The van der Waals surface area contributed by atoms with Gasteiger partial charge in [0.25, 0.3) is 5.78 Å². The fourth-order valence-electron chi connectivity index (χ4n) is 4.91. The number of aromatic nitrogens is 2. The van der Waals surface area contributed by atoms with Crippen LogP contribution in [-0.2, 0) is 15.3 Å². The second-order valence-electron chi connectivity index (χ2n) is 9.35. The van der Waals surface area contributed by atoms with Gasteiger partial charge in [0.15, 0.2) is 15.9 Å². The average Bonchev–Trinajstić information content (AvgIpc) is 3.57. The van der Waals surface area contributed by atoms with Gasteiger partial charge in [-0.3, -0.25) is 14.5 Å². The number of hydrogen-bond donors (Lipinski definition) is 1. The Morgan fingerprint density at radius 2 is 1.83 bits per heavy atom. The van der Waals surface area contributed by atoms with Crippen LogP contribution in [0.3, 0.4) is 0 Å². The molecule has 1 aliphatic heterocycles. The van der Waals surface area contributed by atoms with Gasteiger partial charge in [-0.05, 0) is 52.2 Å². The first-order valence-electron chi connectivity index (χ1n) is 12.7. The summed E-state index contributed by atoms with van der Waals surface area (Å²) < 4.78 is 20.8. The van der Waals surface area contributed by atoms with Crippen LogP contribution in [0.15, 0.2) is 99.3 Å². The van der Waals surface area contributed by atoms with Gasteiger partial charge in [-0.1, -0.05) is 93.6 Å². The van der Waals surface area contributed by atoms with E-state index in [1.54, 1.807) is 18.2 Å². The number of ether oxygens (including phenoxy) is 1. The van der Waals surface area contributed by atoms with Crippen molar-refractivity contribution in [1.29, 1.82) is 0 Å². The van der Waals surface area contributed by atoms with Crippen LogP contribution in [0.25, 0.3) is 16.5 Å². The van der Waals surface area contributed by atoms with Crippen LogP contribution in [0.2, 0.25) is 0 Å². The number of amides is 1. The van der Waals surface area contributed by atoms with Crippen molar-refractivity contribution in [2.45, 2.75) is 16.1 Å². The van der Waals surface area contributed by atoms with E-state index in [1.807, 2.05) is 24.3 Å². The standard InChI is InChI=1S/C31H21BrFN3O4S2/c1-40-24-13-12-19(15-23(24)33)27(37)25-26(18-8-5-10-21(32)14-18)36(29(39)28(25)38)30-34-35-31(42-30)41-16-20-9-4-7-17-6-2-3-11-22(17)20/h2-15,26,37H,16H2,1H3/b27-25+. The van der Waals surface area contributed by atoms with E-state index in [9.17, 15) is 19.1 Å². The summed E-state index contributed by atoms with van der Waals surface area (Å²) in [5.74, 6) is -2.37. The highest BCUT2D eigenvalue weighted by Crippen LogP contribution is 2.44. The van der Waals surface area contributed by atoms with Gasteiger partial charge >= 0.3 is 5.91 Å². The smallest absolute Gasteiger partial charge is 0.301 e. The van der Waals surface area contributed by atoms with Crippen molar-refractivity contribution in [3.05, 3.63) is 117 Å². The lowest BCUT2D eigenvalue weighted by Crippen LogP contribution is -2.29. The Labute approximate surface area is 256 Å². The molecular formula is C31H21BrFN3O4S2. The third kappa shape index (κ3) is 5.19. The Bertz CT molecular complexity index is 1890. The second-order valence-corrected chi connectivity index (χ2v) is 12.4. The van der Waals surface area contributed by atoms with Crippen LogP contribution >= 0.6 is 39.0 Å². The Kier molecular flexibility index (Phi) is 7.80. The largest absolute Gasteiger partial charge is 0.507 e. The number of rotatable bonds is 7. The SMILES string of the molecule is COc1ccc(/C(O)=C2\C(=O)C(=O)N(c3nnc(SCc4cccc5ccccc45)s3)C2c2cccc(Br)c2)cc1F. The summed E-state index contributed by atoms with van der Waals surface area (Å²) in [6, 6.07) is 24.1. The zero-order valence-electron chi connectivity index (χ0n) is 22.0. The number of carbonyl (C=O) groups is 2. The van der Waals surface area contributed by atoms with Gasteiger partial charge in [0.05, 0.1) is 18.7 Å². The molecule has 2 heterocycles. The van der Waals surface area contributed by atoms with Crippen molar-refractivity contribution >= 4 is 72.4 Å². The van der Waals surface area contributed by atoms with Crippen molar-refractivity contribution in [1.82, 2.24) is 10.2 Å². The lowest BCUT2D eigenvalue weighted by Gasteiger charge is -2.22. The first-order valence-corrected chi connectivity index (χ1v) is 15.3. The summed E-state index contributed by atoms with van der Waals surface area (Å²) >= 11 is 6.11. The number of thioether (sulfide) groups is 1. The number of nitrogens with zero attached hydrogens (tertiary/aromatic N) is 3. The zero-order valence-corrected chi connectivity index (χ0v) is 25.2. The van der Waals surface area contributed by atoms with Gasteiger partial charge in [0.2, 0.25) is 5.13 Å². The van der Waals surface area contributed by atoms with Crippen LogP contribution in [0.5, 0.6) is 5.75 Å². The van der Waals surface area contributed by atoms with E-state index in [0.717, 1.165) is 22.4 Å². The number of methoxy groups -OCH3 is 1. The minimum atomic E-state index is -1.02. The van der Waals surface area contributed by atoms with Gasteiger partial charge in [-0.15, -0.1) is 10.2 Å². The van der Waals surface area contributed by atoms with Crippen LogP contribution < -0.4 is 9.64 Å². The highest BCUT2D eigenvalue weighted by molar-refractivity contribution is 9.10. The second kappa shape index (κ2) is 11.7. The molecule has 0 aliphatic carbocycles. The van der Waals surface area contributed by atoms with Gasteiger partial charge in [-0.2, -0.15) is 0 Å². The predicted octanol–water partition coefficient (Wildman–Crippen LogP) is 7.52. The summed E-state index contributed by atoms with van der Waals surface area (Å²) in [5, 5.41) is 22.3. The number of anilines is 1. The minimum absolute atomic E-state index is 0.0158. The van der Waals surface area contributed by atoms with Crippen molar-refractivity contribution < 1.29 is 23.8 Å². The number of aliphatic hydroxyl groups excluding tert-OH is 1. The molecule has 5 aromatic rings. The fraction of sp³-hybridized carbons (Fsp3) is 0.0968. The number of halogens is 2. The van der Waals surface area contributed by atoms with E-state index in [2.05, 4.69) is 50.4 Å². The monoisotopic (exact) mass is 661 g/mol. The molecule has 1 fully saturated rings. The molecule has 1 saturated heterocycles. The summed E-state index contributed by atoms with van der Waals surface area (Å²) in [5.41, 5.74) is 1.55. The molecule has 1 aromatic heterocycles. The lowest BCUT2D eigenvalue weighted by atomic mass is 9.95. The molecule has 1 amide bonds. The summed E-state index contributed by atoms with van der Waals surface area (Å²) in [6.45, 7) is 0. The van der Waals surface area contributed by atoms with Crippen LogP contribution in [0.4, 0.5) is 9.52 Å². The molecule has 0 bridgehead atoms. The molecule has 7 nitrogen and oxygen atoms in total. The Morgan fingerprint density at radius 3 is 2.62 bits per heavy atom. The summed E-state index contributed by atoms with van der Waals surface area (Å²) in [6.07, 6.45) is 0. The molecule has 0 radical (unpaired) electrons. The molecule has 1 N–H and O–H groups in total. The molecule has 0 spiro atoms. The molecule has 210 valence electrons. The average molecular weight is 663 g/mol. The van der Waals surface area contributed by atoms with E-state index in [4.69, 9.17) is 4.74 Å². The highest BCUT2D eigenvalue weighted by atomic mass is 79.9. The minimum Gasteiger partial charge on any atom is -0.507 e. The number of fused-ring (bicyclic) bond motifs is 1. The predicted molar refractivity (Wildman–Crippen MR) is 165 cm³/mol. The number of carbonyl (C=O) groups excluding carboxylic acids is 2. The van der Waals surface area contributed by atoms with E-state index in [-0.39, 0.29) is 22.0 Å². The maximum atomic E-state index is 14.5. The highest BCUT2D eigenvalue weighted by Gasteiger charge is 2.48. The van der Waals surface area contributed by atoms with E-state index in [0.29, 0.717) is 20.1 Å². The molecule has 0 saturated carbocycles.